The van der Waals surface area contributed by atoms with Gasteiger partial charge in [-0.3, -0.25) is 4.79 Å². The molecule has 0 spiro atoms. The van der Waals surface area contributed by atoms with Crippen molar-refractivity contribution in [2.24, 2.45) is 0 Å². The fourth-order valence-electron chi connectivity index (χ4n) is 0.651. The fraction of sp³-hybridized carbons (Fsp3) is 0.286. The van der Waals surface area contributed by atoms with Gasteiger partial charge in [-0.25, -0.2) is 0 Å². The summed E-state index contributed by atoms with van der Waals surface area (Å²) in [5, 5.41) is 22.0. The van der Waals surface area contributed by atoms with Crippen LogP contribution in [0.2, 0.25) is 0 Å². The van der Waals surface area contributed by atoms with Gasteiger partial charge in [0.25, 0.3) is 4.06 Å². The molecule has 0 saturated carbocycles. The van der Waals surface area contributed by atoms with Crippen LogP contribution in [0.15, 0.2) is 13.2 Å². The maximum absolute atomic E-state index is 11.2. The molecule has 1 aromatic heterocycles. The smallest absolute Gasteiger partial charge is 0.265 e. The van der Waals surface area contributed by atoms with E-state index in [0.717, 1.165) is 31.9 Å². The fourth-order valence-corrected chi connectivity index (χ4v) is 7.09. The lowest BCUT2D eigenvalue weighted by Gasteiger charge is -1.97. The van der Waals surface area contributed by atoms with Crippen molar-refractivity contribution in [1.29, 1.82) is 10.5 Å². The molecule has 1 aromatic rings. The van der Waals surface area contributed by atoms with Gasteiger partial charge in [-0.1, -0.05) is 22.7 Å². The Morgan fingerprint density at radius 2 is 1.44 bits per heavy atom. The second-order valence-electron chi connectivity index (χ2n) is 2.02. The van der Waals surface area contributed by atoms with Gasteiger partial charge in [0.1, 0.15) is 10.8 Å². The summed E-state index contributed by atoms with van der Waals surface area (Å²) >= 11 is 7.76. The Balaban J connectivity index is 2.58. The van der Waals surface area contributed by atoms with Crippen molar-refractivity contribution < 1.29 is 0 Å². The van der Waals surface area contributed by atoms with Crippen LogP contribution >= 0.6 is 69.7 Å². The molecule has 1 heterocycles. The highest BCUT2D eigenvalue weighted by atomic mass is 32.2. The molecule has 0 aliphatic rings. The topological polar surface area (TPSA) is 64.7 Å². The quantitative estimate of drug-likeness (QED) is 0.342. The second kappa shape index (κ2) is 8.34. The molecule has 0 unspecified atom stereocenters. The van der Waals surface area contributed by atoms with Crippen LogP contribution in [0.3, 0.4) is 0 Å². The first-order valence-corrected chi connectivity index (χ1v) is 9.26. The number of rotatable bonds is 6. The van der Waals surface area contributed by atoms with Crippen LogP contribution in [-0.4, -0.2) is 10.2 Å². The first-order valence-electron chi connectivity index (χ1n) is 3.69. The summed E-state index contributed by atoms with van der Waals surface area (Å²) in [5.41, 5.74) is 0. The standard InChI is InChI=1S/C7H4N2OS6/c8-1-11-3-13-5-6(14-4-12-2-9)16-7(10)15-5/h3-4H2. The molecular weight excluding hydrogens is 320 g/mol. The summed E-state index contributed by atoms with van der Waals surface area (Å²) in [6.07, 6.45) is 0. The largest absolute Gasteiger partial charge is 0.289 e. The van der Waals surface area contributed by atoms with Gasteiger partial charge in [-0.15, -0.1) is 23.5 Å². The first kappa shape index (κ1) is 14.3. The summed E-state index contributed by atoms with van der Waals surface area (Å²) < 4.78 is 1.98. The Hall–Kier alpha value is 0.230. The highest BCUT2D eigenvalue weighted by Gasteiger charge is 2.10. The van der Waals surface area contributed by atoms with Gasteiger partial charge >= 0.3 is 0 Å². The van der Waals surface area contributed by atoms with Crippen molar-refractivity contribution in [3.63, 3.8) is 0 Å². The molecule has 84 valence electrons. The molecule has 0 aromatic carbocycles. The molecule has 3 nitrogen and oxygen atoms in total. The Kier molecular flexibility index (Phi) is 7.45. The van der Waals surface area contributed by atoms with E-state index in [9.17, 15) is 4.79 Å². The lowest BCUT2D eigenvalue weighted by molar-refractivity contribution is 1.53. The van der Waals surface area contributed by atoms with Crippen LogP contribution in [0.5, 0.6) is 0 Å². The van der Waals surface area contributed by atoms with E-state index in [1.165, 1.54) is 46.2 Å². The van der Waals surface area contributed by atoms with Crippen LogP contribution < -0.4 is 4.06 Å². The van der Waals surface area contributed by atoms with Crippen molar-refractivity contribution in [1.82, 2.24) is 0 Å². The highest BCUT2D eigenvalue weighted by molar-refractivity contribution is 8.20. The number of thioether (sulfide) groups is 4. The van der Waals surface area contributed by atoms with Crippen LogP contribution in [0.4, 0.5) is 0 Å². The molecule has 0 radical (unpaired) electrons. The van der Waals surface area contributed by atoms with E-state index in [1.54, 1.807) is 0 Å². The minimum Gasteiger partial charge on any atom is -0.265 e. The zero-order chi connectivity index (χ0) is 11.8. The second-order valence-corrected chi connectivity index (χ2v) is 8.99. The van der Waals surface area contributed by atoms with Crippen LogP contribution in [0, 0.1) is 21.3 Å². The molecule has 0 saturated heterocycles. The zero-order valence-corrected chi connectivity index (χ0v) is 12.6. The molecule has 16 heavy (non-hydrogen) atoms. The summed E-state index contributed by atoms with van der Waals surface area (Å²) in [6, 6.07) is 0. The summed E-state index contributed by atoms with van der Waals surface area (Å²) in [5.74, 6) is 0. The Labute approximate surface area is 118 Å². The van der Waals surface area contributed by atoms with Gasteiger partial charge in [0.15, 0.2) is 0 Å². The molecule has 0 fully saturated rings. The third-order valence-electron chi connectivity index (χ3n) is 1.15. The number of nitriles is 2. The van der Waals surface area contributed by atoms with Crippen LogP contribution in [-0.2, 0) is 0 Å². The number of nitrogens with zero attached hydrogens (tertiary/aromatic N) is 2. The van der Waals surface area contributed by atoms with E-state index in [4.69, 9.17) is 10.5 Å². The van der Waals surface area contributed by atoms with E-state index in [0.29, 0.717) is 10.2 Å². The molecule has 0 atom stereocenters. The summed E-state index contributed by atoms with van der Waals surface area (Å²) in [7, 11) is 0. The van der Waals surface area contributed by atoms with E-state index in [1.807, 2.05) is 10.8 Å². The van der Waals surface area contributed by atoms with Crippen molar-refractivity contribution in [3.8, 4) is 10.8 Å². The van der Waals surface area contributed by atoms with Gasteiger partial charge in [-0.05, 0) is 23.5 Å². The average molecular weight is 325 g/mol. The third kappa shape index (κ3) is 5.04. The molecule has 1 rings (SSSR count). The molecule has 0 amide bonds. The molecule has 0 aliphatic heterocycles. The Bertz CT molecular complexity index is 426. The lowest BCUT2D eigenvalue weighted by atomic mass is 11.1. The Morgan fingerprint density at radius 3 is 1.81 bits per heavy atom. The van der Waals surface area contributed by atoms with Crippen molar-refractivity contribution >= 4 is 69.7 Å². The average Bonchev–Trinajstić information content (AvgIpc) is 2.60. The SMILES string of the molecule is N#CSCSc1sc(=O)sc1SCSC#N. The monoisotopic (exact) mass is 324 g/mol. The maximum atomic E-state index is 11.2. The molecular formula is C7H4N2OS6. The number of hydrogen-bond donors (Lipinski definition) is 0. The van der Waals surface area contributed by atoms with E-state index >= 15 is 0 Å². The molecule has 0 N–H and O–H groups in total. The van der Waals surface area contributed by atoms with Gasteiger partial charge in [-0.2, -0.15) is 10.5 Å². The van der Waals surface area contributed by atoms with E-state index in [2.05, 4.69) is 0 Å². The summed E-state index contributed by atoms with van der Waals surface area (Å²) in [4.78, 5) is 11.2. The first-order chi connectivity index (χ1) is 7.77. The van der Waals surface area contributed by atoms with Crippen molar-refractivity contribution in [3.05, 3.63) is 8.85 Å². The number of hydrogen-bond acceptors (Lipinski definition) is 9. The van der Waals surface area contributed by atoms with Gasteiger partial charge in [0.05, 0.1) is 18.6 Å². The molecule has 9 heteroatoms. The normalized spacial score (nSPS) is 9.62. The summed E-state index contributed by atoms with van der Waals surface area (Å²) in [6.45, 7) is 0. The predicted molar refractivity (Wildman–Crippen MR) is 76.3 cm³/mol. The minimum atomic E-state index is 0.0638. The minimum absolute atomic E-state index is 0.0638. The highest BCUT2D eigenvalue weighted by Crippen LogP contribution is 2.38. The van der Waals surface area contributed by atoms with Crippen LogP contribution in [0.1, 0.15) is 0 Å². The van der Waals surface area contributed by atoms with Crippen LogP contribution in [0.25, 0.3) is 0 Å². The zero-order valence-electron chi connectivity index (χ0n) is 7.67. The van der Waals surface area contributed by atoms with E-state index < -0.39 is 0 Å². The van der Waals surface area contributed by atoms with Gasteiger partial charge < -0.3 is 0 Å². The number of thiocyanates is 2. The van der Waals surface area contributed by atoms with Crippen molar-refractivity contribution in [2.75, 3.05) is 10.2 Å². The van der Waals surface area contributed by atoms with Gasteiger partial charge in [0, 0.05) is 0 Å². The maximum Gasteiger partial charge on any atom is 0.289 e. The van der Waals surface area contributed by atoms with Gasteiger partial charge in [0.2, 0.25) is 0 Å². The lowest BCUT2D eigenvalue weighted by Crippen LogP contribution is -1.74. The van der Waals surface area contributed by atoms with E-state index in [-0.39, 0.29) is 4.06 Å². The van der Waals surface area contributed by atoms with Crippen molar-refractivity contribution in [2.45, 2.75) is 8.42 Å². The predicted octanol–water partition coefficient (Wildman–Crippen LogP) is 3.70. The third-order valence-corrected chi connectivity index (χ3v) is 7.56. The molecule has 0 aliphatic carbocycles. The Morgan fingerprint density at radius 1 is 1.00 bits per heavy atom. The molecule has 0 bridgehead atoms.